The lowest BCUT2D eigenvalue weighted by Gasteiger charge is -2.33. The first-order valence-corrected chi connectivity index (χ1v) is 11.5. The normalized spacial score (nSPS) is 19.1. The Morgan fingerprint density at radius 1 is 1.19 bits per heavy atom. The maximum atomic E-state index is 12.9. The molecule has 2 aliphatic heterocycles. The van der Waals surface area contributed by atoms with Crippen molar-refractivity contribution in [2.24, 2.45) is 0 Å². The topological polar surface area (TPSA) is 70.7 Å². The van der Waals surface area contributed by atoms with Gasteiger partial charge in [-0.1, -0.05) is 64.5 Å². The molecular weight excluding hydrogens is 470 g/mol. The summed E-state index contributed by atoms with van der Waals surface area (Å²) in [6, 6.07) is 17.1. The van der Waals surface area contributed by atoms with Gasteiger partial charge in [-0.15, -0.1) is 0 Å². The van der Waals surface area contributed by atoms with Gasteiger partial charge in [-0.05, 0) is 42.2 Å². The number of amides is 2. The number of halogens is 1. The number of carbonyl (C=O) groups excluding carboxylic acids is 2. The fourth-order valence-electron chi connectivity index (χ4n) is 4.12. The molecule has 2 N–H and O–H groups in total. The maximum absolute atomic E-state index is 12.9. The number of urea groups is 1. The predicted octanol–water partition coefficient (Wildman–Crippen LogP) is 4.41. The summed E-state index contributed by atoms with van der Waals surface area (Å²) in [5.41, 5.74) is 4.42. The fourth-order valence-corrected chi connectivity index (χ4v) is 4.54. The van der Waals surface area contributed by atoms with E-state index >= 15 is 0 Å². The van der Waals surface area contributed by atoms with E-state index in [-0.39, 0.29) is 12.6 Å². The van der Waals surface area contributed by atoms with Gasteiger partial charge in [-0.3, -0.25) is 4.90 Å². The van der Waals surface area contributed by atoms with Crippen LogP contribution >= 0.6 is 15.9 Å². The van der Waals surface area contributed by atoms with Crippen LogP contribution in [-0.2, 0) is 9.53 Å². The monoisotopic (exact) mass is 495 g/mol. The summed E-state index contributed by atoms with van der Waals surface area (Å²) < 4.78 is 6.24. The molecular formula is C25H26BrN3O3. The van der Waals surface area contributed by atoms with Gasteiger partial charge in [0.05, 0.1) is 18.2 Å². The zero-order valence-corrected chi connectivity index (χ0v) is 19.5. The van der Waals surface area contributed by atoms with E-state index in [1.165, 1.54) is 11.1 Å². The smallest absolute Gasteiger partial charge is 0.338 e. The largest absolute Gasteiger partial charge is 0.463 e. The van der Waals surface area contributed by atoms with Gasteiger partial charge in [0.1, 0.15) is 0 Å². The molecule has 32 heavy (non-hydrogen) atoms. The molecule has 2 amide bonds. The maximum Gasteiger partial charge on any atom is 0.338 e. The molecule has 166 valence electrons. The van der Waals surface area contributed by atoms with Crippen molar-refractivity contribution in [2.45, 2.75) is 19.4 Å². The standard InChI is InChI=1S/C25H26BrN3O3/c1-2-32-24(30)22-21(27-25(31)28-23(22)19-9-6-10-20(26)15-19)16-29-13-11-18(12-14-29)17-7-4-3-5-8-17/h3-11,15,23H,2,12-14,16H2,1H3,(H2,27,28,31). The van der Waals surface area contributed by atoms with Gasteiger partial charge >= 0.3 is 12.0 Å². The number of ether oxygens (including phenoxy) is 1. The van der Waals surface area contributed by atoms with Crippen LogP contribution in [0.25, 0.3) is 5.57 Å². The molecule has 4 rings (SSSR count). The third-order valence-electron chi connectivity index (χ3n) is 5.65. The van der Waals surface area contributed by atoms with Crippen molar-refractivity contribution in [1.82, 2.24) is 15.5 Å². The third-order valence-corrected chi connectivity index (χ3v) is 6.14. The zero-order valence-electron chi connectivity index (χ0n) is 17.9. The minimum Gasteiger partial charge on any atom is -0.463 e. The molecule has 0 aliphatic carbocycles. The molecule has 0 radical (unpaired) electrons. The van der Waals surface area contributed by atoms with Crippen LogP contribution in [0, 0.1) is 0 Å². The number of carbonyl (C=O) groups is 2. The number of esters is 1. The Balaban J connectivity index is 1.61. The van der Waals surface area contributed by atoms with Crippen molar-refractivity contribution < 1.29 is 14.3 Å². The highest BCUT2D eigenvalue weighted by molar-refractivity contribution is 9.10. The van der Waals surface area contributed by atoms with Crippen molar-refractivity contribution >= 4 is 33.5 Å². The molecule has 0 aromatic heterocycles. The molecule has 2 aromatic carbocycles. The third kappa shape index (κ3) is 5.11. The van der Waals surface area contributed by atoms with Crippen molar-refractivity contribution in [3.8, 4) is 0 Å². The summed E-state index contributed by atoms with van der Waals surface area (Å²) in [5, 5.41) is 5.75. The van der Waals surface area contributed by atoms with E-state index in [1.807, 2.05) is 42.5 Å². The van der Waals surface area contributed by atoms with E-state index in [1.54, 1.807) is 6.92 Å². The molecule has 1 unspecified atom stereocenters. The van der Waals surface area contributed by atoms with Gasteiger partial charge in [0, 0.05) is 29.8 Å². The summed E-state index contributed by atoms with van der Waals surface area (Å²) in [4.78, 5) is 27.7. The second kappa shape index (κ2) is 10.1. The van der Waals surface area contributed by atoms with E-state index in [2.05, 4.69) is 49.7 Å². The van der Waals surface area contributed by atoms with Crippen LogP contribution in [0.2, 0.25) is 0 Å². The fraction of sp³-hybridized carbons (Fsp3) is 0.280. The van der Waals surface area contributed by atoms with Crippen LogP contribution in [0.1, 0.15) is 30.5 Å². The SMILES string of the molecule is CCOC(=O)C1=C(CN2CC=C(c3ccccc3)CC2)NC(=O)NC1c1cccc(Br)c1. The molecule has 2 heterocycles. The Hall–Kier alpha value is -2.90. The first-order valence-electron chi connectivity index (χ1n) is 10.7. The molecule has 0 spiro atoms. The minimum absolute atomic E-state index is 0.266. The first-order chi connectivity index (χ1) is 15.5. The Labute approximate surface area is 196 Å². The number of hydrogen-bond donors (Lipinski definition) is 2. The van der Waals surface area contributed by atoms with E-state index in [4.69, 9.17) is 4.74 Å². The second-order valence-corrected chi connectivity index (χ2v) is 8.70. The number of hydrogen-bond acceptors (Lipinski definition) is 4. The average Bonchev–Trinajstić information content (AvgIpc) is 2.80. The summed E-state index contributed by atoms with van der Waals surface area (Å²) in [7, 11) is 0. The minimum atomic E-state index is -0.574. The van der Waals surface area contributed by atoms with E-state index in [0.717, 1.165) is 29.5 Å². The first kappa shape index (κ1) is 22.3. The number of rotatable bonds is 6. The van der Waals surface area contributed by atoms with E-state index in [9.17, 15) is 9.59 Å². The quantitative estimate of drug-likeness (QED) is 0.582. The lowest BCUT2D eigenvalue weighted by Crippen LogP contribution is -2.48. The Bertz CT molecular complexity index is 1070. The lowest BCUT2D eigenvalue weighted by atomic mass is 9.94. The Morgan fingerprint density at radius 2 is 2.00 bits per heavy atom. The van der Waals surface area contributed by atoms with Crippen molar-refractivity contribution in [2.75, 3.05) is 26.2 Å². The van der Waals surface area contributed by atoms with Crippen LogP contribution in [-0.4, -0.2) is 43.1 Å². The highest BCUT2D eigenvalue weighted by Gasteiger charge is 2.34. The average molecular weight is 496 g/mol. The van der Waals surface area contributed by atoms with Crippen LogP contribution in [0.5, 0.6) is 0 Å². The highest BCUT2D eigenvalue weighted by atomic mass is 79.9. The number of benzene rings is 2. The lowest BCUT2D eigenvalue weighted by molar-refractivity contribution is -0.139. The summed E-state index contributed by atoms with van der Waals surface area (Å²) >= 11 is 3.48. The van der Waals surface area contributed by atoms with Gasteiger partial charge in [-0.25, -0.2) is 9.59 Å². The summed E-state index contributed by atoms with van der Waals surface area (Å²) in [5.74, 6) is -0.419. The molecule has 0 saturated heterocycles. The molecule has 0 bridgehead atoms. The van der Waals surface area contributed by atoms with E-state index in [0.29, 0.717) is 17.8 Å². The molecule has 2 aromatic rings. The number of nitrogens with zero attached hydrogens (tertiary/aromatic N) is 1. The van der Waals surface area contributed by atoms with Crippen LogP contribution in [0.15, 0.2) is 76.4 Å². The van der Waals surface area contributed by atoms with Gasteiger partial charge in [0.15, 0.2) is 0 Å². The summed E-state index contributed by atoms with van der Waals surface area (Å²) in [6.07, 6.45) is 3.13. The van der Waals surface area contributed by atoms with Crippen molar-refractivity contribution in [3.05, 3.63) is 87.5 Å². The van der Waals surface area contributed by atoms with Crippen LogP contribution in [0.3, 0.4) is 0 Å². The number of nitrogens with one attached hydrogen (secondary N) is 2. The zero-order chi connectivity index (χ0) is 22.5. The molecule has 6 nitrogen and oxygen atoms in total. The molecule has 7 heteroatoms. The summed E-state index contributed by atoms with van der Waals surface area (Å²) in [6.45, 7) is 4.09. The molecule has 0 saturated carbocycles. The second-order valence-electron chi connectivity index (χ2n) is 7.78. The van der Waals surface area contributed by atoms with E-state index < -0.39 is 12.0 Å². The van der Waals surface area contributed by atoms with Gasteiger partial charge in [-0.2, -0.15) is 0 Å². The van der Waals surface area contributed by atoms with Crippen LogP contribution < -0.4 is 10.6 Å². The highest BCUT2D eigenvalue weighted by Crippen LogP contribution is 2.30. The van der Waals surface area contributed by atoms with Crippen LogP contribution in [0.4, 0.5) is 4.79 Å². The molecule has 1 atom stereocenters. The Morgan fingerprint density at radius 3 is 2.69 bits per heavy atom. The van der Waals surface area contributed by atoms with Crippen molar-refractivity contribution in [3.63, 3.8) is 0 Å². The molecule has 0 fully saturated rings. The Kier molecular flexibility index (Phi) is 7.07. The molecule has 2 aliphatic rings. The van der Waals surface area contributed by atoms with Gasteiger partial charge in [0.25, 0.3) is 0 Å². The van der Waals surface area contributed by atoms with Gasteiger partial charge in [0.2, 0.25) is 0 Å². The van der Waals surface area contributed by atoms with Gasteiger partial charge < -0.3 is 15.4 Å². The van der Waals surface area contributed by atoms with Crippen molar-refractivity contribution in [1.29, 1.82) is 0 Å². The predicted molar refractivity (Wildman–Crippen MR) is 128 cm³/mol.